The van der Waals surface area contributed by atoms with E-state index in [9.17, 15) is 9.18 Å². The minimum atomic E-state index is -0.277. The number of benzene rings is 2. The van der Waals surface area contributed by atoms with Gasteiger partial charge in [0.25, 0.3) is 0 Å². The van der Waals surface area contributed by atoms with Crippen molar-refractivity contribution in [2.24, 2.45) is 0 Å². The predicted octanol–water partition coefficient (Wildman–Crippen LogP) is 1.96. The van der Waals surface area contributed by atoms with Crippen LogP contribution in [0.3, 0.4) is 0 Å². The topological polar surface area (TPSA) is 59.6 Å². The molecular formula is C17H17FN2O3. The molecular weight excluding hydrogens is 299 g/mol. The molecule has 0 radical (unpaired) electrons. The van der Waals surface area contributed by atoms with Crippen LogP contribution in [0.4, 0.5) is 4.39 Å². The lowest BCUT2D eigenvalue weighted by Crippen LogP contribution is -2.33. The van der Waals surface area contributed by atoms with E-state index in [1.807, 2.05) is 18.2 Å². The Morgan fingerprint density at radius 2 is 1.91 bits per heavy atom. The van der Waals surface area contributed by atoms with Crippen LogP contribution in [0.1, 0.15) is 11.1 Å². The van der Waals surface area contributed by atoms with Crippen molar-refractivity contribution >= 4 is 5.91 Å². The fourth-order valence-corrected chi connectivity index (χ4v) is 2.27. The number of rotatable bonds is 6. The van der Waals surface area contributed by atoms with Gasteiger partial charge in [0.15, 0.2) is 11.5 Å². The largest absolute Gasteiger partial charge is 0.454 e. The molecule has 1 heterocycles. The van der Waals surface area contributed by atoms with Crippen LogP contribution in [0.15, 0.2) is 42.5 Å². The molecule has 120 valence electrons. The van der Waals surface area contributed by atoms with E-state index in [2.05, 4.69) is 10.6 Å². The van der Waals surface area contributed by atoms with Gasteiger partial charge in [0, 0.05) is 18.7 Å². The molecule has 3 rings (SSSR count). The highest BCUT2D eigenvalue weighted by atomic mass is 19.1. The molecule has 2 aromatic carbocycles. The van der Waals surface area contributed by atoms with E-state index in [1.54, 1.807) is 18.2 Å². The average molecular weight is 316 g/mol. The molecule has 0 aromatic heterocycles. The Labute approximate surface area is 133 Å². The van der Waals surface area contributed by atoms with Crippen LogP contribution in [-0.2, 0) is 17.9 Å². The first kappa shape index (κ1) is 15.3. The quantitative estimate of drug-likeness (QED) is 0.855. The zero-order chi connectivity index (χ0) is 16.1. The number of nitrogens with one attached hydrogen (secondary N) is 2. The monoisotopic (exact) mass is 316 g/mol. The Hall–Kier alpha value is -2.60. The predicted molar refractivity (Wildman–Crippen MR) is 82.5 cm³/mol. The summed E-state index contributed by atoms with van der Waals surface area (Å²) < 4.78 is 24.0. The molecule has 0 spiro atoms. The molecule has 0 unspecified atom stereocenters. The van der Waals surface area contributed by atoms with Gasteiger partial charge < -0.3 is 20.1 Å². The number of carbonyl (C=O) groups is 1. The summed E-state index contributed by atoms with van der Waals surface area (Å²) in [6.07, 6.45) is 0. The highest BCUT2D eigenvalue weighted by molar-refractivity contribution is 5.78. The third kappa shape index (κ3) is 3.98. The fourth-order valence-electron chi connectivity index (χ4n) is 2.27. The van der Waals surface area contributed by atoms with Gasteiger partial charge in [-0.05, 0) is 23.8 Å². The highest BCUT2D eigenvalue weighted by Crippen LogP contribution is 2.32. The van der Waals surface area contributed by atoms with Gasteiger partial charge in [-0.25, -0.2) is 4.39 Å². The van der Waals surface area contributed by atoms with Gasteiger partial charge in [-0.1, -0.05) is 24.3 Å². The van der Waals surface area contributed by atoms with E-state index in [4.69, 9.17) is 9.47 Å². The van der Waals surface area contributed by atoms with Crippen LogP contribution in [0.5, 0.6) is 11.5 Å². The molecule has 23 heavy (non-hydrogen) atoms. The lowest BCUT2D eigenvalue weighted by Gasteiger charge is -2.08. The first-order valence-corrected chi connectivity index (χ1v) is 7.32. The number of hydrogen-bond donors (Lipinski definition) is 2. The van der Waals surface area contributed by atoms with Crippen molar-refractivity contribution in [3.63, 3.8) is 0 Å². The summed E-state index contributed by atoms with van der Waals surface area (Å²) in [6.45, 7) is 1.06. The maximum absolute atomic E-state index is 13.4. The number of halogens is 1. The van der Waals surface area contributed by atoms with Crippen LogP contribution >= 0.6 is 0 Å². The normalized spacial score (nSPS) is 12.2. The van der Waals surface area contributed by atoms with Crippen LogP contribution in [0.2, 0.25) is 0 Å². The molecule has 1 amide bonds. The number of carbonyl (C=O) groups excluding carboxylic acids is 1. The number of fused-ring (bicyclic) bond motifs is 1. The van der Waals surface area contributed by atoms with Crippen molar-refractivity contribution < 1.29 is 18.7 Å². The molecule has 2 N–H and O–H groups in total. The molecule has 0 bridgehead atoms. The number of hydrogen-bond acceptors (Lipinski definition) is 4. The maximum atomic E-state index is 13.4. The molecule has 0 saturated carbocycles. The Bertz CT molecular complexity index is 706. The van der Waals surface area contributed by atoms with E-state index < -0.39 is 0 Å². The zero-order valence-electron chi connectivity index (χ0n) is 12.5. The van der Waals surface area contributed by atoms with E-state index >= 15 is 0 Å². The maximum Gasteiger partial charge on any atom is 0.234 e. The molecule has 2 aromatic rings. The Morgan fingerprint density at radius 1 is 1.09 bits per heavy atom. The van der Waals surface area contributed by atoms with Crippen LogP contribution in [0, 0.1) is 5.82 Å². The minimum Gasteiger partial charge on any atom is -0.454 e. The summed E-state index contributed by atoms with van der Waals surface area (Å²) in [4.78, 5) is 11.8. The van der Waals surface area contributed by atoms with Gasteiger partial charge in [0.05, 0.1) is 6.54 Å². The average Bonchev–Trinajstić information content (AvgIpc) is 3.02. The standard InChI is InChI=1S/C17H17FN2O3/c18-14-4-2-1-3-13(14)9-19-10-17(21)20-8-12-5-6-15-16(7-12)23-11-22-15/h1-7,19H,8-11H2,(H,20,21). The fraction of sp³-hybridized carbons (Fsp3) is 0.235. The second-order valence-electron chi connectivity index (χ2n) is 5.16. The summed E-state index contributed by atoms with van der Waals surface area (Å²) in [5, 5.41) is 5.72. The van der Waals surface area contributed by atoms with Gasteiger partial charge >= 0.3 is 0 Å². The SMILES string of the molecule is O=C(CNCc1ccccc1F)NCc1ccc2c(c1)OCO2. The first-order chi connectivity index (χ1) is 11.2. The zero-order valence-corrected chi connectivity index (χ0v) is 12.5. The van der Waals surface area contributed by atoms with Crippen LogP contribution in [0.25, 0.3) is 0 Å². The molecule has 0 aliphatic carbocycles. The molecule has 0 atom stereocenters. The minimum absolute atomic E-state index is 0.124. The first-order valence-electron chi connectivity index (χ1n) is 7.32. The van der Waals surface area contributed by atoms with E-state index in [-0.39, 0.29) is 25.1 Å². The second kappa shape index (κ2) is 7.11. The van der Waals surface area contributed by atoms with Gasteiger partial charge in [0.2, 0.25) is 12.7 Å². The van der Waals surface area contributed by atoms with Crippen molar-refractivity contribution in [3.8, 4) is 11.5 Å². The molecule has 1 aliphatic heterocycles. The summed E-state index contributed by atoms with van der Waals surface area (Å²) in [5.41, 5.74) is 1.47. The van der Waals surface area contributed by atoms with Crippen molar-refractivity contribution in [2.45, 2.75) is 13.1 Å². The van der Waals surface area contributed by atoms with Crippen molar-refractivity contribution in [1.29, 1.82) is 0 Å². The number of amides is 1. The lowest BCUT2D eigenvalue weighted by atomic mass is 10.2. The molecule has 1 aliphatic rings. The van der Waals surface area contributed by atoms with Gasteiger partial charge in [0.1, 0.15) is 5.82 Å². The lowest BCUT2D eigenvalue weighted by molar-refractivity contribution is -0.120. The Balaban J connectivity index is 1.42. The summed E-state index contributed by atoms with van der Waals surface area (Å²) in [5.74, 6) is 0.973. The van der Waals surface area contributed by atoms with Crippen LogP contribution in [-0.4, -0.2) is 19.2 Å². The highest BCUT2D eigenvalue weighted by Gasteiger charge is 2.13. The third-order valence-electron chi connectivity index (χ3n) is 3.49. The Kier molecular flexibility index (Phi) is 4.73. The second-order valence-corrected chi connectivity index (χ2v) is 5.16. The van der Waals surface area contributed by atoms with Gasteiger partial charge in [-0.2, -0.15) is 0 Å². The van der Waals surface area contributed by atoms with Crippen molar-refractivity contribution in [2.75, 3.05) is 13.3 Å². The van der Waals surface area contributed by atoms with Crippen molar-refractivity contribution in [1.82, 2.24) is 10.6 Å². The van der Waals surface area contributed by atoms with E-state index in [0.717, 1.165) is 5.56 Å². The van der Waals surface area contributed by atoms with E-state index in [1.165, 1.54) is 6.07 Å². The van der Waals surface area contributed by atoms with Crippen LogP contribution < -0.4 is 20.1 Å². The molecule has 0 fully saturated rings. The van der Waals surface area contributed by atoms with E-state index in [0.29, 0.717) is 30.2 Å². The molecule has 6 heteroatoms. The van der Waals surface area contributed by atoms with Crippen molar-refractivity contribution in [3.05, 3.63) is 59.4 Å². The summed E-state index contributed by atoms with van der Waals surface area (Å²) >= 11 is 0. The summed E-state index contributed by atoms with van der Waals surface area (Å²) in [6, 6.07) is 12.0. The third-order valence-corrected chi connectivity index (χ3v) is 3.49. The smallest absolute Gasteiger partial charge is 0.234 e. The molecule has 5 nitrogen and oxygen atoms in total. The van der Waals surface area contributed by atoms with Gasteiger partial charge in [-0.15, -0.1) is 0 Å². The Morgan fingerprint density at radius 3 is 2.78 bits per heavy atom. The molecule has 0 saturated heterocycles. The number of ether oxygens (including phenoxy) is 2. The summed E-state index contributed by atoms with van der Waals surface area (Å²) in [7, 11) is 0. The van der Waals surface area contributed by atoms with Gasteiger partial charge in [-0.3, -0.25) is 4.79 Å².